The van der Waals surface area contributed by atoms with Crippen LogP contribution < -0.4 is 24.7 Å². The van der Waals surface area contributed by atoms with E-state index in [4.69, 9.17) is 24.7 Å². The van der Waals surface area contributed by atoms with Crippen molar-refractivity contribution in [2.75, 3.05) is 26.7 Å². The van der Waals surface area contributed by atoms with Gasteiger partial charge >= 0.3 is 0 Å². The number of nitriles is 1. The summed E-state index contributed by atoms with van der Waals surface area (Å²) in [5.74, 6) is -1.15. The fourth-order valence-electron chi connectivity index (χ4n) is 3.25. The van der Waals surface area contributed by atoms with Crippen LogP contribution in [0, 0.1) is 23.0 Å². The lowest BCUT2D eigenvalue weighted by Gasteiger charge is -2.14. The number of aromatic nitrogens is 1. The molecule has 0 saturated carbocycles. The molecule has 0 spiro atoms. The Morgan fingerprint density at radius 3 is 2.60 bits per heavy atom. The first kappa shape index (κ1) is 19.3. The molecule has 0 unspecified atom stereocenters. The number of nitrogen functional groups attached to an aromatic ring is 1. The largest absolute Gasteiger partial charge is 0.493 e. The second-order valence-electron chi connectivity index (χ2n) is 6.28. The minimum atomic E-state index is -0.927. The molecule has 0 radical (unpaired) electrons. The predicted molar refractivity (Wildman–Crippen MR) is 103 cm³/mol. The van der Waals surface area contributed by atoms with Gasteiger partial charge in [0.25, 0.3) is 0 Å². The molecule has 0 fully saturated rings. The minimum Gasteiger partial charge on any atom is -0.493 e. The van der Waals surface area contributed by atoms with Gasteiger partial charge in [-0.15, -0.1) is 0 Å². The van der Waals surface area contributed by atoms with E-state index in [0.717, 1.165) is 13.2 Å². The van der Waals surface area contributed by atoms with Gasteiger partial charge in [-0.2, -0.15) is 5.26 Å². The Hall–Kier alpha value is -4.06. The number of hydrogen-bond donors (Lipinski definition) is 1. The summed E-state index contributed by atoms with van der Waals surface area (Å²) in [7, 11) is 2.63. The molecule has 2 aromatic carbocycles. The Labute approximate surface area is 170 Å². The fraction of sp³-hybridized carbons (Fsp3) is 0.143. The molecule has 9 heteroatoms. The molecule has 2 N–H and O–H groups in total. The van der Waals surface area contributed by atoms with Gasteiger partial charge in [0.2, 0.25) is 12.5 Å². The summed E-state index contributed by atoms with van der Waals surface area (Å²) in [5, 5.41) is 9.61. The van der Waals surface area contributed by atoms with E-state index in [1.807, 2.05) is 6.07 Å². The summed E-state index contributed by atoms with van der Waals surface area (Å²) >= 11 is 0. The van der Waals surface area contributed by atoms with Gasteiger partial charge in [0.1, 0.15) is 17.5 Å². The molecule has 0 aliphatic carbocycles. The first-order valence-corrected chi connectivity index (χ1v) is 8.69. The number of benzene rings is 2. The van der Waals surface area contributed by atoms with Gasteiger partial charge < -0.3 is 24.7 Å². The monoisotopic (exact) mass is 411 g/mol. The normalized spacial score (nSPS) is 11.8. The van der Waals surface area contributed by atoms with E-state index in [1.165, 1.54) is 19.2 Å². The number of nitrogens with two attached hydrogens (primary N) is 1. The molecule has 1 aliphatic rings. The van der Waals surface area contributed by atoms with Crippen LogP contribution in [0.2, 0.25) is 0 Å². The molecule has 1 aromatic heterocycles. The molecule has 152 valence electrons. The van der Waals surface area contributed by atoms with E-state index in [-0.39, 0.29) is 29.4 Å². The highest BCUT2D eigenvalue weighted by Crippen LogP contribution is 2.45. The molecule has 2 heterocycles. The van der Waals surface area contributed by atoms with Crippen molar-refractivity contribution in [3.63, 3.8) is 0 Å². The summed E-state index contributed by atoms with van der Waals surface area (Å²) in [6, 6.07) is 9.10. The van der Waals surface area contributed by atoms with E-state index in [2.05, 4.69) is 4.98 Å². The zero-order chi connectivity index (χ0) is 21.4. The smallest absolute Gasteiger partial charge is 0.231 e. The molecule has 0 amide bonds. The van der Waals surface area contributed by atoms with Crippen LogP contribution in [0.3, 0.4) is 0 Å². The third-order valence-electron chi connectivity index (χ3n) is 4.66. The van der Waals surface area contributed by atoms with Gasteiger partial charge in [0.15, 0.2) is 28.9 Å². The number of fused-ring (bicyclic) bond motifs is 1. The maximum Gasteiger partial charge on any atom is 0.231 e. The van der Waals surface area contributed by atoms with Crippen molar-refractivity contribution >= 4 is 5.82 Å². The summed E-state index contributed by atoms with van der Waals surface area (Å²) < 4.78 is 49.6. The SMILES string of the molecule is COc1cc(-c2cc(-c3ccc(F)c(OC)c3F)nc(N)c2C#N)cc2c1OCO2. The quantitative estimate of drug-likeness (QED) is 0.695. The maximum absolute atomic E-state index is 14.8. The van der Waals surface area contributed by atoms with Gasteiger partial charge in [-0.25, -0.2) is 13.8 Å². The van der Waals surface area contributed by atoms with Crippen molar-refractivity contribution in [2.24, 2.45) is 0 Å². The fourth-order valence-corrected chi connectivity index (χ4v) is 3.25. The number of ether oxygens (including phenoxy) is 4. The molecule has 4 rings (SSSR count). The lowest BCUT2D eigenvalue weighted by molar-refractivity contribution is 0.171. The topological polar surface area (TPSA) is 99.6 Å². The van der Waals surface area contributed by atoms with Crippen molar-refractivity contribution in [1.29, 1.82) is 5.26 Å². The first-order chi connectivity index (χ1) is 14.5. The zero-order valence-corrected chi connectivity index (χ0v) is 16.0. The molecule has 30 heavy (non-hydrogen) atoms. The van der Waals surface area contributed by atoms with E-state index < -0.39 is 17.4 Å². The molecular weight excluding hydrogens is 396 g/mol. The summed E-state index contributed by atoms with van der Waals surface area (Å²) in [6.07, 6.45) is 0. The predicted octanol–water partition coefficient (Wildman–Crippen LogP) is 3.89. The third kappa shape index (κ3) is 2.99. The number of pyridine rings is 1. The Bertz CT molecular complexity index is 1210. The lowest BCUT2D eigenvalue weighted by atomic mass is 9.97. The second kappa shape index (κ2) is 7.40. The third-order valence-corrected chi connectivity index (χ3v) is 4.66. The van der Waals surface area contributed by atoms with E-state index in [0.29, 0.717) is 28.4 Å². The maximum atomic E-state index is 14.8. The van der Waals surface area contributed by atoms with Gasteiger partial charge in [0.05, 0.1) is 19.9 Å². The number of anilines is 1. The van der Waals surface area contributed by atoms with Crippen LogP contribution in [0.25, 0.3) is 22.4 Å². The van der Waals surface area contributed by atoms with Crippen molar-refractivity contribution in [2.45, 2.75) is 0 Å². The average molecular weight is 411 g/mol. The number of rotatable bonds is 4. The lowest BCUT2D eigenvalue weighted by Crippen LogP contribution is -2.02. The minimum absolute atomic E-state index is 0.0293. The van der Waals surface area contributed by atoms with Crippen LogP contribution in [0.4, 0.5) is 14.6 Å². The highest BCUT2D eigenvalue weighted by atomic mass is 19.1. The van der Waals surface area contributed by atoms with Crippen LogP contribution in [0.1, 0.15) is 5.56 Å². The molecule has 0 bridgehead atoms. The van der Waals surface area contributed by atoms with E-state index in [9.17, 15) is 14.0 Å². The second-order valence-corrected chi connectivity index (χ2v) is 6.28. The highest BCUT2D eigenvalue weighted by Gasteiger charge is 2.24. The van der Waals surface area contributed by atoms with Gasteiger partial charge in [-0.3, -0.25) is 0 Å². The molecule has 3 aromatic rings. The Morgan fingerprint density at radius 1 is 1.10 bits per heavy atom. The zero-order valence-electron chi connectivity index (χ0n) is 16.0. The molecule has 0 saturated heterocycles. The van der Waals surface area contributed by atoms with Crippen molar-refractivity contribution < 1.29 is 27.7 Å². The molecule has 0 atom stereocenters. The van der Waals surface area contributed by atoms with Crippen LogP contribution in [-0.2, 0) is 0 Å². The summed E-state index contributed by atoms with van der Waals surface area (Å²) in [4.78, 5) is 4.13. The van der Waals surface area contributed by atoms with Gasteiger partial charge in [0, 0.05) is 11.1 Å². The van der Waals surface area contributed by atoms with Crippen LogP contribution in [0.15, 0.2) is 30.3 Å². The van der Waals surface area contributed by atoms with Crippen LogP contribution in [0.5, 0.6) is 23.0 Å². The Kier molecular flexibility index (Phi) is 4.75. The highest BCUT2D eigenvalue weighted by molar-refractivity contribution is 5.82. The Balaban J connectivity index is 1.95. The molecular formula is C21H15F2N3O4. The number of nitrogens with zero attached hydrogens (tertiary/aromatic N) is 2. The van der Waals surface area contributed by atoms with Gasteiger partial charge in [-0.1, -0.05) is 0 Å². The van der Waals surface area contributed by atoms with Gasteiger partial charge in [-0.05, 0) is 35.9 Å². The number of halogens is 2. The van der Waals surface area contributed by atoms with E-state index in [1.54, 1.807) is 12.1 Å². The van der Waals surface area contributed by atoms with Crippen LogP contribution >= 0.6 is 0 Å². The van der Waals surface area contributed by atoms with Crippen molar-refractivity contribution in [1.82, 2.24) is 4.98 Å². The summed E-state index contributed by atoms with van der Waals surface area (Å²) in [5.41, 5.74) is 7.06. The first-order valence-electron chi connectivity index (χ1n) is 8.69. The van der Waals surface area contributed by atoms with E-state index >= 15 is 0 Å². The average Bonchev–Trinajstić information content (AvgIpc) is 3.21. The Morgan fingerprint density at radius 2 is 1.90 bits per heavy atom. The van der Waals surface area contributed by atoms with Crippen LogP contribution in [-0.4, -0.2) is 26.0 Å². The number of methoxy groups -OCH3 is 2. The summed E-state index contributed by atoms with van der Waals surface area (Å²) in [6.45, 7) is 0.0323. The van der Waals surface area contributed by atoms with Crippen molar-refractivity contribution in [3.05, 3.63) is 47.5 Å². The standard InChI is InChI=1S/C21H15F2N3O4/c1-27-16-5-10(6-17-20(16)30-9-29-17)12-7-15(26-21(25)13(12)8-24)11-3-4-14(22)19(28-2)18(11)23/h3-7H,9H2,1-2H3,(H2,25,26). The van der Waals surface area contributed by atoms with Crippen molar-refractivity contribution in [3.8, 4) is 51.5 Å². The molecule has 7 nitrogen and oxygen atoms in total. The molecule has 1 aliphatic heterocycles. The number of hydrogen-bond acceptors (Lipinski definition) is 7.